The number of imidazole rings is 1. The number of esters is 2. The number of aliphatic hydroxyl groups excluding tert-OH is 1. The van der Waals surface area contributed by atoms with Gasteiger partial charge in [0.05, 0.1) is 33.3 Å². The van der Waals surface area contributed by atoms with E-state index < -0.39 is 67.8 Å². The second-order valence-corrected chi connectivity index (χ2v) is 14.7. The molecule has 1 saturated heterocycles. The molecule has 0 aromatic carbocycles. The lowest BCUT2D eigenvalue weighted by atomic mass is 10.1. The van der Waals surface area contributed by atoms with Crippen LogP contribution >= 0.6 is 7.67 Å². The zero-order valence-corrected chi connectivity index (χ0v) is 29.0. The van der Waals surface area contributed by atoms with Crippen LogP contribution in [0.2, 0.25) is 0 Å². The van der Waals surface area contributed by atoms with E-state index in [9.17, 15) is 24.4 Å². The Morgan fingerprint density at radius 2 is 1.64 bits per heavy atom. The summed E-state index contributed by atoms with van der Waals surface area (Å²) in [6.45, 7) is 12.2. The first-order valence-corrected chi connectivity index (χ1v) is 17.4. The summed E-state index contributed by atoms with van der Waals surface area (Å²) in [5.41, 5.74) is 3.29. The van der Waals surface area contributed by atoms with E-state index >= 15 is 0 Å². The first kappa shape index (κ1) is 36.9. The molecule has 4 rings (SSSR count). The Morgan fingerprint density at radius 3 is 2.09 bits per heavy atom. The van der Waals surface area contributed by atoms with Gasteiger partial charge in [0.2, 0.25) is 11.8 Å². The third kappa shape index (κ3) is 7.26. The Morgan fingerprint density at radius 1 is 1.09 bits per heavy atom. The molecule has 1 saturated carbocycles. The summed E-state index contributed by atoms with van der Waals surface area (Å²) in [5.74, 6) is -1.20. The molecule has 2 aromatic rings. The molecule has 47 heavy (non-hydrogen) atoms. The van der Waals surface area contributed by atoms with Crippen LogP contribution in [0.5, 0.6) is 5.88 Å². The highest BCUT2D eigenvalue weighted by Gasteiger charge is 2.85. The van der Waals surface area contributed by atoms with Crippen molar-refractivity contribution in [2.24, 2.45) is 11.8 Å². The first-order valence-electron chi connectivity index (χ1n) is 15.8. The number of nitrogens with two attached hydrogens (primary N) is 1. The fraction of sp³-hybridized carbons (Fsp3) is 0.759. The van der Waals surface area contributed by atoms with Crippen LogP contribution in [0.1, 0.15) is 67.3 Å². The van der Waals surface area contributed by atoms with Crippen molar-refractivity contribution in [2.75, 3.05) is 32.7 Å². The molecule has 1 aliphatic heterocycles. The van der Waals surface area contributed by atoms with Crippen molar-refractivity contribution in [1.82, 2.24) is 29.7 Å². The van der Waals surface area contributed by atoms with Crippen LogP contribution in [0.15, 0.2) is 6.33 Å². The lowest BCUT2D eigenvalue weighted by Crippen LogP contribution is -2.46. The molecule has 17 nitrogen and oxygen atoms in total. The van der Waals surface area contributed by atoms with E-state index in [1.807, 2.05) is 27.7 Å². The average molecular weight is 686 g/mol. The van der Waals surface area contributed by atoms with Gasteiger partial charge in [-0.15, -0.1) is 0 Å². The highest BCUT2D eigenvalue weighted by atomic mass is 31.2. The number of carbonyl (C=O) groups is 2. The van der Waals surface area contributed by atoms with E-state index in [1.165, 1.54) is 18.0 Å². The van der Waals surface area contributed by atoms with E-state index in [-0.39, 0.29) is 55.4 Å². The molecular formula is C29H48N7O10P. The number of nitrogens with zero attached hydrogens (tertiary/aromatic N) is 4. The number of aromatic nitrogens is 4. The number of anilines is 1. The molecule has 18 heteroatoms. The number of ether oxygens (including phenoxy) is 4. The molecule has 0 radical (unpaired) electrons. The minimum absolute atomic E-state index is 0.0000461. The van der Waals surface area contributed by atoms with Gasteiger partial charge in [-0.05, 0) is 45.4 Å². The van der Waals surface area contributed by atoms with Crippen molar-refractivity contribution in [1.29, 1.82) is 0 Å². The Balaban J connectivity index is 1.59. The SMILES string of the molecule is CCOC(=O)[C@@H](CC(C)C)NP(=O)(N[C@H](CC(C)C)C(=O)OCC)OC[C@H]1OC2(C)[C@@H](n3cnc4c(OC)nc(N)nc43)C2(O)C1O. The summed E-state index contributed by atoms with van der Waals surface area (Å²) in [6.07, 6.45) is -0.743. The average Bonchev–Trinajstić information content (AvgIpc) is 3.19. The fourth-order valence-corrected chi connectivity index (χ4v) is 8.05. The molecule has 0 amide bonds. The second kappa shape index (κ2) is 14.3. The second-order valence-electron chi connectivity index (χ2n) is 12.8. The largest absolute Gasteiger partial charge is 0.479 e. The van der Waals surface area contributed by atoms with Crippen LogP contribution < -0.4 is 20.6 Å². The van der Waals surface area contributed by atoms with Crippen LogP contribution in [-0.2, 0) is 32.9 Å². The first-order chi connectivity index (χ1) is 22.0. The Bertz CT molecular complexity index is 1450. The lowest BCUT2D eigenvalue weighted by molar-refractivity contribution is -0.146. The normalized spacial score (nSPS) is 26.8. The molecule has 6 N–H and O–H groups in total. The molecule has 0 spiro atoms. The number of methoxy groups -OCH3 is 1. The summed E-state index contributed by atoms with van der Waals surface area (Å²) < 4.78 is 43.8. The smallest absolute Gasteiger partial charge is 0.342 e. The zero-order valence-electron chi connectivity index (χ0n) is 28.1. The van der Waals surface area contributed by atoms with Crippen molar-refractivity contribution in [3.05, 3.63) is 6.33 Å². The van der Waals surface area contributed by atoms with Gasteiger partial charge < -0.3 is 44.0 Å². The summed E-state index contributed by atoms with van der Waals surface area (Å²) in [4.78, 5) is 38.4. The zero-order chi connectivity index (χ0) is 34.9. The van der Waals surface area contributed by atoms with Gasteiger partial charge >= 0.3 is 19.6 Å². The third-order valence-electron chi connectivity index (χ3n) is 8.36. The van der Waals surface area contributed by atoms with Gasteiger partial charge in [-0.3, -0.25) is 14.2 Å². The lowest BCUT2D eigenvalue weighted by Gasteiger charge is -2.31. The van der Waals surface area contributed by atoms with E-state index in [2.05, 4.69) is 25.1 Å². The Kier molecular flexibility index (Phi) is 11.2. The molecule has 1 aliphatic carbocycles. The number of nitrogen functional groups attached to an aromatic ring is 1. The molecule has 2 aliphatic rings. The third-order valence-corrected chi connectivity index (χ3v) is 10.2. The maximum Gasteiger partial charge on any atom is 0.342 e. The summed E-state index contributed by atoms with van der Waals surface area (Å²) in [6, 6.07) is -2.93. The Labute approximate surface area is 273 Å². The summed E-state index contributed by atoms with van der Waals surface area (Å²) >= 11 is 0. The van der Waals surface area contributed by atoms with Crippen LogP contribution in [-0.4, -0.2) is 104 Å². The van der Waals surface area contributed by atoms with E-state index in [4.69, 9.17) is 29.2 Å². The van der Waals surface area contributed by atoms with Crippen LogP contribution in [0, 0.1) is 11.8 Å². The molecule has 264 valence electrons. The predicted molar refractivity (Wildman–Crippen MR) is 169 cm³/mol. The number of aliphatic hydroxyl groups is 2. The fourth-order valence-electron chi connectivity index (χ4n) is 6.23. The van der Waals surface area contributed by atoms with Gasteiger partial charge in [-0.2, -0.15) is 9.97 Å². The number of carbonyl (C=O) groups excluding carboxylic acids is 2. The summed E-state index contributed by atoms with van der Waals surface area (Å²) in [7, 11) is -2.86. The van der Waals surface area contributed by atoms with Gasteiger partial charge in [-0.25, -0.2) is 15.2 Å². The van der Waals surface area contributed by atoms with Crippen molar-refractivity contribution < 1.29 is 47.8 Å². The minimum Gasteiger partial charge on any atom is -0.479 e. The van der Waals surface area contributed by atoms with Crippen molar-refractivity contribution in [3.63, 3.8) is 0 Å². The van der Waals surface area contributed by atoms with Crippen LogP contribution in [0.25, 0.3) is 11.2 Å². The monoisotopic (exact) mass is 685 g/mol. The minimum atomic E-state index is -4.27. The number of nitrogens with one attached hydrogen (secondary N) is 2. The number of hydrogen-bond donors (Lipinski definition) is 5. The van der Waals surface area contributed by atoms with Crippen molar-refractivity contribution in [3.8, 4) is 5.88 Å². The molecule has 0 bridgehead atoms. The molecule has 7 atom stereocenters. The predicted octanol–water partition coefficient (Wildman–Crippen LogP) is 1.48. The van der Waals surface area contributed by atoms with Crippen LogP contribution in [0.4, 0.5) is 5.95 Å². The van der Waals surface area contributed by atoms with Gasteiger partial charge in [0.15, 0.2) is 11.2 Å². The van der Waals surface area contributed by atoms with Gasteiger partial charge in [-0.1, -0.05) is 27.7 Å². The highest BCUT2D eigenvalue weighted by Crippen LogP contribution is 2.68. The standard InChI is InChI=1S/C29H48N7O10P/c1-9-43-24(38)17(11-15(3)4)34-47(41,35-18(12-16(5)6)25(39)44-10-2)45-13-19-21(37)29(40)26(28(29,7)46-19)36-14-31-20-22(36)32-27(30)33-23(20)42-8/h14-19,21,26,37,40H,9-13H2,1-8H3,(H2,30,32,33)(H2,34,35,41)/t17-,18-,19-,21?,26-,28?,29?/m1/s1. The van der Waals surface area contributed by atoms with E-state index in [0.29, 0.717) is 5.52 Å². The van der Waals surface area contributed by atoms with Crippen LogP contribution in [0.3, 0.4) is 0 Å². The maximum absolute atomic E-state index is 14.5. The van der Waals surface area contributed by atoms with E-state index in [1.54, 1.807) is 20.8 Å². The van der Waals surface area contributed by atoms with Gasteiger partial charge in [0, 0.05) is 0 Å². The quantitative estimate of drug-likeness (QED) is 0.117. The maximum atomic E-state index is 14.5. The topological polar surface area (TPSA) is 232 Å². The Hall–Kier alpha value is -2.92. The van der Waals surface area contributed by atoms with Gasteiger partial charge in [0.25, 0.3) is 0 Å². The number of hydrogen-bond acceptors (Lipinski definition) is 14. The summed E-state index contributed by atoms with van der Waals surface area (Å²) in [5, 5.41) is 28.7. The molecular weight excluding hydrogens is 637 g/mol. The van der Waals surface area contributed by atoms with Crippen molar-refractivity contribution in [2.45, 2.75) is 103 Å². The van der Waals surface area contributed by atoms with E-state index in [0.717, 1.165) is 0 Å². The molecule has 2 aromatic heterocycles. The number of fused-ring (bicyclic) bond motifs is 2. The number of rotatable bonds is 17. The van der Waals surface area contributed by atoms with Gasteiger partial charge in [0.1, 0.15) is 41.5 Å². The van der Waals surface area contributed by atoms with Crippen molar-refractivity contribution >= 4 is 36.7 Å². The molecule has 2 fully saturated rings. The highest BCUT2D eigenvalue weighted by molar-refractivity contribution is 7.54. The molecule has 3 heterocycles. The molecule has 3 unspecified atom stereocenters.